The molecule has 0 atom stereocenters. The second-order valence-corrected chi connectivity index (χ2v) is 6.50. The molecule has 1 aromatic carbocycles. The summed E-state index contributed by atoms with van der Waals surface area (Å²) in [6.45, 7) is 7.05. The summed E-state index contributed by atoms with van der Waals surface area (Å²) in [4.78, 5) is 21.0. The zero-order valence-corrected chi connectivity index (χ0v) is 16.1. The molecule has 0 radical (unpaired) electrons. The van der Waals surface area contributed by atoms with Crippen molar-refractivity contribution in [2.75, 3.05) is 52.3 Å². The van der Waals surface area contributed by atoms with Crippen LogP contribution >= 0.6 is 0 Å². The van der Waals surface area contributed by atoms with Gasteiger partial charge in [-0.2, -0.15) is 0 Å². The molecule has 8 heteroatoms. The van der Waals surface area contributed by atoms with E-state index in [1.807, 2.05) is 30.3 Å². The van der Waals surface area contributed by atoms with Crippen molar-refractivity contribution in [1.82, 2.24) is 19.4 Å². The Hall–Kier alpha value is -2.74. The number of urea groups is 1. The lowest BCUT2D eigenvalue weighted by Crippen LogP contribution is -2.50. The van der Waals surface area contributed by atoms with Gasteiger partial charge in [0.25, 0.3) is 0 Å². The average Bonchev–Trinajstić information content (AvgIpc) is 3.11. The first-order valence-corrected chi connectivity index (χ1v) is 9.08. The molecule has 3 rings (SSSR count). The molecule has 146 valence electrons. The molecule has 27 heavy (non-hydrogen) atoms. The minimum Gasteiger partial charge on any atom is -0.493 e. The Morgan fingerprint density at radius 1 is 1.11 bits per heavy atom. The highest BCUT2D eigenvalue weighted by molar-refractivity contribution is 5.89. The predicted molar refractivity (Wildman–Crippen MR) is 104 cm³/mol. The smallest absolute Gasteiger partial charge is 0.321 e. The van der Waals surface area contributed by atoms with E-state index in [2.05, 4.69) is 19.8 Å². The number of aryl methyl sites for hydroxylation is 1. The minimum atomic E-state index is -0.0904. The van der Waals surface area contributed by atoms with Crippen molar-refractivity contribution in [1.29, 1.82) is 0 Å². The van der Waals surface area contributed by atoms with Crippen LogP contribution in [0.5, 0.6) is 11.5 Å². The molecule has 1 aliphatic rings. The fourth-order valence-electron chi connectivity index (χ4n) is 3.18. The Balaban J connectivity index is 1.47. The maximum absolute atomic E-state index is 12.5. The van der Waals surface area contributed by atoms with Crippen molar-refractivity contribution >= 4 is 11.7 Å². The maximum atomic E-state index is 12.5. The Labute approximate surface area is 159 Å². The van der Waals surface area contributed by atoms with E-state index in [1.54, 1.807) is 26.4 Å². The van der Waals surface area contributed by atoms with Gasteiger partial charge in [0.2, 0.25) is 0 Å². The molecule has 1 fully saturated rings. The number of hydrogen-bond acceptors (Lipinski definition) is 5. The third kappa shape index (κ3) is 4.71. The molecular weight excluding hydrogens is 346 g/mol. The van der Waals surface area contributed by atoms with Gasteiger partial charge >= 0.3 is 6.03 Å². The van der Waals surface area contributed by atoms with Crippen molar-refractivity contribution in [3.8, 4) is 11.5 Å². The number of aromatic nitrogens is 2. The average molecular weight is 373 g/mol. The van der Waals surface area contributed by atoms with Gasteiger partial charge < -0.3 is 24.3 Å². The summed E-state index contributed by atoms with van der Waals surface area (Å²) in [5.41, 5.74) is 0.690. The van der Waals surface area contributed by atoms with Crippen molar-refractivity contribution in [2.24, 2.45) is 0 Å². The predicted octanol–water partition coefficient (Wildman–Crippen LogP) is 2.06. The zero-order chi connectivity index (χ0) is 19.2. The largest absolute Gasteiger partial charge is 0.493 e. The molecule has 0 aliphatic carbocycles. The molecule has 1 aliphatic heterocycles. The Bertz CT molecular complexity index is 768. The van der Waals surface area contributed by atoms with Crippen LogP contribution in [-0.4, -0.2) is 72.3 Å². The lowest BCUT2D eigenvalue weighted by Gasteiger charge is -2.34. The number of nitrogens with one attached hydrogen (secondary N) is 1. The summed E-state index contributed by atoms with van der Waals surface area (Å²) in [7, 11) is 3.16. The number of methoxy groups -OCH3 is 2. The number of rotatable bonds is 6. The summed E-state index contributed by atoms with van der Waals surface area (Å²) >= 11 is 0. The van der Waals surface area contributed by atoms with Gasteiger partial charge in [0.15, 0.2) is 11.5 Å². The third-order valence-corrected chi connectivity index (χ3v) is 4.88. The number of benzene rings is 1. The van der Waals surface area contributed by atoms with E-state index in [1.165, 1.54) is 0 Å². The second kappa shape index (κ2) is 8.77. The molecule has 1 aromatic heterocycles. The van der Waals surface area contributed by atoms with Gasteiger partial charge in [-0.25, -0.2) is 9.78 Å². The van der Waals surface area contributed by atoms with Crippen LogP contribution in [0.15, 0.2) is 30.6 Å². The molecule has 2 heterocycles. The standard InChI is InChI=1S/C19H27N5O3/c1-15-20-6-7-23(15)11-8-22-9-12-24(13-10-22)19(25)21-16-4-5-17(26-2)18(14-16)27-3/h4-7,14H,8-13H2,1-3H3,(H,21,25). The van der Waals surface area contributed by atoms with E-state index < -0.39 is 0 Å². The number of carbonyl (C=O) groups is 1. The minimum absolute atomic E-state index is 0.0904. The molecule has 2 amide bonds. The molecular formula is C19H27N5O3. The number of amides is 2. The van der Waals surface area contributed by atoms with Crippen LogP contribution in [0.3, 0.4) is 0 Å². The lowest BCUT2D eigenvalue weighted by molar-refractivity contribution is 0.144. The van der Waals surface area contributed by atoms with Crippen LogP contribution in [0.25, 0.3) is 0 Å². The van der Waals surface area contributed by atoms with Crippen LogP contribution in [0.2, 0.25) is 0 Å². The van der Waals surface area contributed by atoms with Crippen LogP contribution in [0.1, 0.15) is 5.82 Å². The van der Waals surface area contributed by atoms with Gasteiger partial charge in [0.05, 0.1) is 14.2 Å². The van der Waals surface area contributed by atoms with Crippen molar-refractivity contribution in [2.45, 2.75) is 13.5 Å². The molecule has 1 saturated heterocycles. The first kappa shape index (κ1) is 19.0. The number of hydrogen-bond donors (Lipinski definition) is 1. The molecule has 0 bridgehead atoms. The second-order valence-electron chi connectivity index (χ2n) is 6.50. The van der Waals surface area contributed by atoms with Crippen molar-refractivity contribution in [3.05, 3.63) is 36.4 Å². The number of anilines is 1. The highest BCUT2D eigenvalue weighted by atomic mass is 16.5. The molecule has 1 N–H and O–H groups in total. The van der Waals surface area contributed by atoms with E-state index in [0.29, 0.717) is 30.3 Å². The summed E-state index contributed by atoms with van der Waals surface area (Å²) in [5.74, 6) is 2.26. The summed E-state index contributed by atoms with van der Waals surface area (Å²) in [6, 6.07) is 5.26. The Morgan fingerprint density at radius 3 is 2.48 bits per heavy atom. The number of nitrogens with zero attached hydrogens (tertiary/aromatic N) is 4. The monoisotopic (exact) mass is 373 g/mol. The maximum Gasteiger partial charge on any atom is 0.321 e. The first-order valence-electron chi connectivity index (χ1n) is 9.08. The molecule has 0 unspecified atom stereocenters. The summed E-state index contributed by atoms with van der Waals surface area (Å²) in [6.07, 6.45) is 3.83. The van der Waals surface area contributed by atoms with E-state index in [4.69, 9.17) is 9.47 Å². The zero-order valence-electron chi connectivity index (χ0n) is 16.1. The molecule has 0 saturated carbocycles. The fourth-order valence-corrected chi connectivity index (χ4v) is 3.18. The quantitative estimate of drug-likeness (QED) is 0.839. The summed E-state index contributed by atoms with van der Waals surface area (Å²) < 4.78 is 12.7. The molecule has 8 nitrogen and oxygen atoms in total. The number of imidazole rings is 1. The highest BCUT2D eigenvalue weighted by Gasteiger charge is 2.21. The van der Waals surface area contributed by atoms with E-state index >= 15 is 0 Å². The fraction of sp³-hybridized carbons (Fsp3) is 0.474. The van der Waals surface area contributed by atoms with Gasteiger partial charge in [-0.15, -0.1) is 0 Å². The SMILES string of the molecule is COc1ccc(NC(=O)N2CCN(CCn3ccnc3C)CC2)cc1OC. The Kier molecular flexibility index (Phi) is 6.18. The van der Waals surface area contributed by atoms with Gasteiger partial charge in [-0.3, -0.25) is 4.90 Å². The van der Waals surface area contributed by atoms with Gasteiger partial charge in [0, 0.05) is 63.4 Å². The van der Waals surface area contributed by atoms with E-state index in [9.17, 15) is 4.79 Å². The van der Waals surface area contributed by atoms with Crippen LogP contribution in [0, 0.1) is 6.92 Å². The molecule has 0 spiro atoms. The molecule has 2 aromatic rings. The van der Waals surface area contributed by atoms with E-state index in [0.717, 1.165) is 32.0 Å². The van der Waals surface area contributed by atoms with E-state index in [-0.39, 0.29) is 6.03 Å². The van der Waals surface area contributed by atoms with Crippen molar-refractivity contribution < 1.29 is 14.3 Å². The van der Waals surface area contributed by atoms with Gasteiger partial charge in [-0.1, -0.05) is 0 Å². The first-order chi connectivity index (χ1) is 13.1. The van der Waals surface area contributed by atoms with Crippen LogP contribution in [-0.2, 0) is 6.54 Å². The van der Waals surface area contributed by atoms with Gasteiger partial charge in [-0.05, 0) is 19.1 Å². The summed E-state index contributed by atoms with van der Waals surface area (Å²) in [5, 5.41) is 2.93. The number of piperazine rings is 1. The number of carbonyl (C=O) groups excluding carboxylic acids is 1. The van der Waals surface area contributed by atoms with Gasteiger partial charge in [0.1, 0.15) is 5.82 Å². The normalized spacial score (nSPS) is 14.9. The third-order valence-electron chi connectivity index (χ3n) is 4.88. The number of ether oxygens (including phenoxy) is 2. The Morgan fingerprint density at radius 2 is 1.85 bits per heavy atom. The van der Waals surface area contributed by atoms with Crippen LogP contribution in [0.4, 0.5) is 10.5 Å². The van der Waals surface area contributed by atoms with Crippen molar-refractivity contribution in [3.63, 3.8) is 0 Å². The topological polar surface area (TPSA) is 71.9 Å². The lowest BCUT2D eigenvalue weighted by atomic mass is 10.2. The van der Waals surface area contributed by atoms with Crippen LogP contribution < -0.4 is 14.8 Å². The highest BCUT2D eigenvalue weighted by Crippen LogP contribution is 2.29.